The molecular weight excluding hydrogens is 456 g/mol. The molecule has 0 rings (SSSR count). The van der Waals surface area contributed by atoms with Crippen molar-refractivity contribution in [1.29, 1.82) is 0 Å². The van der Waals surface area contributed by atoms with Gasteiger partial charge in [-0.3, -0.25) is 4.79 Å². The molecule has 0 aromatic rings. The van der Waals surface area contributed by atoms with E-state index in [1.165, 1.54) is 13.5 Å². The number of hydrogen-bond acceptors (Lipinski definition) is 3. The average molecular weight is 509 g/mol. The summed E-state index contributed by atoms with van der Waals surface area (Å²) in [6, 6.07) is 0. The van der Waals surface area contributed by atoms with Gasteiger partial charge in [0.2, 0.25) is 0 Å². The van der Waals surface area contributed by atoms with E-state index in [4.69, 9.17) is 9.47 Å². The fourth-order valence-corrected chi connectivity index (χ4v) is 2.74. The third kappa shape index (κ3) is 17.7. The standard InChI is InChI=1S/C29H40O3.C3H6.C2H6/c1-12-28(26(9)25(8)18-29(32-19-30)27(10)31-11)17-24(7)23(6)16-15-22(5)21(4)14-13-20(2)3;1-3-2;1-2/h15-21H,5-10,12-14H2,1-4,11H3;3H,1H2,2H3;1-2H3/b16-15-,28-17-,29-18+;;. The Kier molecular flexibility index (Phi) is 23.8. The van der Waals surface area contributed by atoms with Crippen molar-refractivity contribution in [2.24, 2.45) is 11.8 Å². The predicted octanol–water partition coefficient (Wildman–Crippen LogP) is 10.2. The van der Waals surface area contributed by atoms with Gasteiger partial charge in [0.05, 0.1) is 7.11 Å². The topological polar surface area (TPSA) is 35.5 Å². The van der Waals surface area contributed by atoms with E-state index in [1.54, 1.807) is 12.2 Å². The van der Waals surface area contributed by atoms with Gasteiger partial charge in [-0.2, -0.15) is 0 Å². The van der Waals surface area contributed by atoms with Crippen molar-refractivity contribution in [3.05, 3.63) is 121 Å². The molecule has 3 nitrogen and oxygen atoms in total. The highest BCUT2D eigenvalue weighted by molar-refractivity contribution is 5.56. The highest BCUT2D eigenvalue weighted by atomic mass is 16.5. The quantitative estimate of drug-likeness (QED) is 0.0900. The van der Waals surface area contributed by atoms with Gasteiger partial charge in [0.25, 0.3) is 6.47 Å². The van der Waals surface area contributed by atoms with Gasteiger partial charge < -0.3 is 9.47 Å². The molecule has 0 aliphatic rings. The Hall–Kier alpha value is -3.33. The van der Waals surface area contributed by atoms with Crippen molar-refractivity contribution >= 4 is 6.47 Å². The summed E-state index contributed by atoms with van der Waals surface area (Å²) in [5.41, 5.74) is 4.90. The molecule has 0 aliphatic carbocycles. The molecule has 0 N–H and O–H groups in total. The SMILES string of the molecule is C=C(/C=C\C(=C)C(C)CCC(C)C)C(=C)/C=C(/CC)C(=C)C(=C)/C=C(/OC=O)C(=C)OC.C=CC.CC. The molecule has 1 atom stereocenters. The van der Waals surface area contributed by atoms with Crippen LogP contribution < -0.4 is 0 Å². The lowest BCUT2D eigenvalue weighted by Crippen LogP contribution is -1.99. The second kappa shape index (κ2) is 23.1. The van der Waals surface area contributed by atoms with E-state index in [0.29, 0.717) is 29.5 Å². The summed E-state index contributed by atoms with van der Waals surface area (Å²) in [6.07, 6.45) is 12.3. The van der Waals surface area contributed by atoms with Crippen LogP contribution in [0, 0.1) is 11.8 Å². The minimum absolute atomic E-state index is 0.181. The van der Waals surface area contributed by atoms with Gasteiger partial charge in [0.1, 0.15) is 0 Å². The summed E-state index contributed by atoms with van der Waals surface area (Å²) in [4.78, 5) is 10.8. The van der Waals surface area contributed by atoms with E-state index < -0.39 is 0 Å². The predicted molar refractivity (Wildman–Crippen MR) is 165 cm³/mol. The third-order valence-electron chi connectivity index (χ3n) is 5.23. The molecule has 0 radical (unpaired) electrons. The normalized spacial score (nSPS) is 11.7. The van der Waals surface area contributed by atoms with Gasteiger partial charge in [0.15, 0.2) is 11.5 Å². The zero-order valence-electron chi connectivity index (χ0n) is 24.9. The summed E-state index contributed by atoms with van der Waals surface area (Å²) in [5.74, 6) is 1.52. The fraction of sp³-hybridized carbons (Fsp3) is 0.382. The number of carbonyl (C=O) groups is 1. The van der Waals surface area contributed by atoms with Crippen molar-refractivity contribution in [3.63, 3.8) is 0 Å². The van der Waals surface area contributed by atoms with Crippen LogP contribution in [0.2, 0.25) is 0 Å². The first-order chi connectivity index (χ1) is 17.4. The molecule has 0 fully saturated rings. The molecule has 1 unspecified atom stereocenters. The lowest BCUT2D eigenvalue weighted by atomic mass is 9.92. The number of rotatable bonds is 16. The summed E-state index contributed by atoms with van der Waals surface area (Å²) >= 11 is 0. The maximum atomic E-state index is 10.8. The van der Waals surface area contributed by atoms with Gasteiger partial charge >= 0.3 is 0 Å². The van der Waals surface area contributed by atoms with Gasteiger partial charge in [-0.05, 0) is 65.5 Å². The van der Waals surface area contributed by atoms with E-state index in [9.17, 15) is 4.79 Å². The summed E-state index contributed by atoms with van der Waals surface area (Å²) in [5, 5.41) is 0. The number of hydrogen-bond donors (Lipinski definition) is 0. The molecular formula is C34H52O3. The van der Waals surface area contributed by atoms with Crippen molar-refractivity contribution in [3.8, 4) is 0 Å². The van der Waals surface area contributed by atoms with Crippen LogP contribution in [0.15, 0.2) is 121 Å². The van der Waals surface area contributed by atoms with Crippen LogP contribution in [0.4, 0.5) is 0 Å². The van der Waals surface area contributed by atoms with Gasteiger partial charge in [0, 0.05) is 0 Å². The second-order valence-electron chi connectivity index (χ2n) is 8.62. The highest BCUT2D eigenvalue weighted by Gasteiger charge is 2.10. The molecule has 0 bridgehead atoms. The highest BCUT2D eigenvalue weighted by Crippen LogP contribution is 2.26. The summed E-state index contributed by atoms with van der Waals surface area (Å²) < 4.78 is 9.98. The molecule has 0 aromatic heterocycles. The number of methoxy groups -OCH3 is 1. The van der Waals surface area contributed by atoms with Crippen LogP contribution in [0.25, 0.3) is 0 Å². The largest absolute Gasteiger partial charge is 0.493 e. The van der Waals surface area contributed by atoms with Crippen LogP contribution in [0.5, 0.6) is 0 Å². The van der Waals surface area contributed by atoms with E-state index >= 15 is 0 Å². The summed E-state index contributed by atoms with van der Waals surface area (Å²) in [6.45, 7) is 42.6. The maximum absolute atomic E-state index is 10.8. The van der Waals surface area contributed by atoms with Crippen molar-refractivity contribution in [2.75, 3.05) is 7.11 Å². The van der Waals surface area contributed by atoms with Crippen LogP contribution in [-0.4, -0.2) is 13.6 Å². The molecule has 0 amide bonds. The lowest BCUT2D eigenvalue weighted by molar-refractivity contribution is -0.125. The number of ether oxygens (including phenoxy) is 2. The van der Waals surface area contributed by atoms with Crippen LogP contribution in [0.1, 0.15) is 67.7 Å². The Morgan fingerprint density at radius 2 is 1.41 bits per heavy atom. The van der Waals surface area contributed by atoms with Crippen molar-refractivity contribution in [1.82, 2.24) is 0 Å². The van der Waals surface area contributed by atoms with E-state index in [-0.39, 0.29) is 11.5 Å². The Labute approximate surface area is 228 Å². The van der Waals surface area contributed by atoms with Crippen molar-refractivity contribution < 1.29 is 14.3 Å². The molecule has 0 heterocycles. The Morgan fingerprint density at radius 3 is 1.84 bits per heavy atom. The monoisotopic (exact) mass is 508 g/mol. The molecule has 3 heteroatoms. The summed E-state index contributed by atoms with van der Waals surface area (Å²) in [7, 11) is 1.45. The first-order valence-electron chi connectivity index (χ1n) is 12.9. The van der Waals surface area contributed by atoms with E-state index in [2.05, 4.69) is 66.8 Å². The van der Waals surface area contributed by atoms with E-state index in [1.807, 2.05) is 45.9 Å². The minimum Gasteiger partial charge on any atom is -0.493 e. The van der Waals surface area contributed by atoms with Crippen LogP contribution >= 0.6 is 0 Å². The first-order valence-corrected chi connectivity index (χ1v) is 12.9. The second-order valence-corrected chi connectivity index (χ2v) is 8.62. The molecule has 0 saturated carbocycles. The Morgan fingerprint density at radius 1 is 0.865 bits per heavy atom. The number of allylic oxidation sites excluding steroid dienone is 11. The van der Waals surface area contributed by atoms with Crippen LogP contribution in [0.3, 0.4) is 0 Å². The van der Waals surface area contributed by atoms with Gasteiger partial charge in [-0.1, -0.05) is 117 Å². The number of carbonyl (C=O) groups excluding carboxylic acids is 1. The molecule has 0 saturated heterocycles. The van der Waals surface area contributed by atoms with Crippen molar-refractivity contribution in [2.45, 2.75) is 67.7 Å². The molecule has 37 heavy (non-hydrogen) atoms. The van der Waals surface area contributed by atoms with Gasteiger partial charge in [-0.15, -0.1) is 6.58 Å². The average Bonchev–Trinajstić information content (AvgIpc) is 2.88. The molecule has 0 aliphatic heterocycles. The Balaban J connectivity index is -0.00000214. The fourth-order valence-electron chi connectivity index (χ4n) is 2.74. The zero-order chi connectivity index (χ0) is 29.6. The Bertz CT molecular complexity index is 888. The first kappa shape index (κ1) is 38.2. The zero-order valence-corrected chi connectivity index (χ0v) is 24.9. The van der Waals surface area contributed by atoms with Gasteiger partial charge in [-0.25, -0.2) is 0 Å². The molecule has 206 valence electrons. The van der Waals surface area contributed by atoms with Crippen LogP contribution in [-0.2, 0) is 14.3 Å². The molecule has 0 spiro atoms. The lowest BCUT2D eigenvalue weighted by Gasteiger charge is -2.14. The minimum atomic E-state index is 0.181. The maximum Gasteiger partial charge on any atom is 0.298 e. The smallest absolute Gasteiger partial charge is 0.298 e. The van der Waals surface area contributed by atoms with E-state index in [0.717, 1.165) is 35.1 Å². The third-order valence-corrected chi connectivity index (χ3v) is 5.23. The molecule has 0 aromatic carbocycles.